The first-order valence-corrected chi connectivity index (χ1v) is 6.37. The molecule has 19 heavy (non-hydrogen) atoms. The van der Waals surface area contributed by atoms with Gasteiger partial charge in [-0.05, 0) is 31.9 Å². The third-order valence-electron chi connectivity index (χ3n) is 3.62. The van der Waals surface area contributed by atoms with Gasteiger partial charge in [-0.2, -0.15) is 0 Å². The number of hydrogen-bond donors (Lipinski definition) is 2. The SMILES string of the molecule is Cc1ccc(N2CCC(C(N)=O)CC2)c(C(=O)O)c1. The van der Waals surface area contributed by atoms with Crippen LogP contribution in [0.4, 0.5) is 5.69 Å². The van der Waals surface area contributed by atoms with Crippen molar-refractivity contribution < 1.29 is 14.7 Å². The molecule has 0 aliphatic carbocycles. The van der Waals surface area contributed by atoms with E-state index in [4.69, 9.17) is 5.73 Å². The highest BCUT2D eigenvalue weighted by Gasteiger charge is 2.25. The lowest BCUT2D eigenvalue weighted by Crippen LogP contribution is -2.39. The molecule has 102 valence electrons. The largest absolute Gasteiger partial charge is 0.478 e. The van der Waals surface area contributed by atoms with E-state index >= 15 is 0 Å². The number of primary amides is 1. The maximum Gasteiger partial charge on any atom is 0.337 e. The molecule has 1 aliphatic rings. The standard InChI is InChI=1S/C14H18N2O3/c1-9-2-3-12(11(8-9)14(18)19)16-6-4-10(5-7-16)13(15)17/h2-3,8,10H,4-7H2,1H3,(H2,15,17)(H,18,19). The second-order valence-electron chi connectivity index (χ2n) is 4.99. The Hall–Kier alpha value is -2.04. The number of nitrogens with zero attached hydrogens (tertiary/aromatic N) is 1. The molecular weight excluding hydrogens is 244 g/mol. The third-order valence-corrected chi connectivity index (χ3v) is 3.62. The lowest BCUT2D eigenvalue weighted by atomic mass is 9.95. The molecule has 1 fully saturated rings. The summed E-state index contributed by atoms with van der Waals surface area (Å²) in [6.07, 6.45) is 1.37. The highest BCUT2D eigenvalue weighted by molar-refractivity contribution is 5.94. The number of anilines is 1. The Balaban J connectivity index is 2.20. The van der Waals surface area contributed by atoms with Crippen LogP contribution in [-0.2, 0) is 4.79 Å². The molecular formula is C14H18N2O3. The molecule has 0 radical (unpaired) electrons. The van der Waals surface area contributed by atoms with Gasteiger partial charge in [0.2, 0.25) is 5.91 Å². The molecule has 0 unspecified atom stereocenters. The predicted molar refractivity (Wildman–Crippen MR) is 72.3 cm³/mol. The highest BCUT2D eigenvalue weighted by atomic mass is 16.4. The van der Waals surface area contributed by atoms with Crippen LogP contribution in [-0.4, -0.2) is 30.1 Å². The Bertz CT molecular complexity index is 505. The lowest BCUT2D eigenvalue weighted by Gasteiger charge is -2.33. The molecule has 3 N–H and O–H groups in total. The summed E-state index contributed by atoms with van der Waals surface area (Å²) < 4.78 is 0. The van der Waals surface area contributed by atoms with Crippen LogP contribution in [0.2, 0.25) is 0 Å². The Morgan fingerprint density at radius 3 is 2.47 bits per heavy atom. The average Bonchev–Trinajstić information content (AvgIpc) is 2.38. The van der Waals surface area contributed by atoms with E-state index in [0.29, 0.717) is 31.5 Å². The molecule has 0 aromatic heterocycles. The van der Waals surface area contributed by atoms with Crippen LogP contribution < -0.4 is 10.6 Å². The number of benzene rings is 1. The summed E-state index contributed by atoms with van der Waals surface area (Å²) in [5.41, 5.74) is 7.26. The van der Waals surface area contributed by atoms with Crippen LogP contribution in [0.25, 0.3) is 0 Å². The number of nitrogens with two attached hydrogens (primary N) is 1. The number of hydrogen-bond acceptors (Lipinski definition) is 3. The van der Waals surface area contributed by atoms with Crippen LogP contribution in [0.3, 0.4) is 0 Å². The summed E-state index contributed by atoms with van der Waals surface area (Å²) in [6, 6.07) is 5.42. The average molecular weight is 262 g/mol. The first-order valence-electron chi connectivity index (χ1n) is 6.37. The zero-order valence-corrected chi connectivity index (χ0v) is 10.9. The van der Waals surface area contributed by atoms with Crippen molar-refractivity contribution in [1.82, 2.24) is 0 Å². The van der Waals surface area contributed by atoms with E-state index < -0.39 is 5.97 Å². The molecule has 1 aromatic carbocycles. The number of carboxylic acid groups (broad SMARTS) is 1. The predicted octanol–water partition coefficient (Wildman–Crippen LogP) is 1.39. The van der Waals surface area contributed by atoms with Gasteiger partial charge in [0.25, 0.3) is 0 Å². The van der Waals surface area contributed by atoms with E-state index in [-0.39, 0.29) is 11.8 Å². The summed E-state index contributed by atoms with van der Waals surface area (Å²) in [7, 11) is 0. The van der Waals surface area contributed by atoms with Crippen LogP contribution in [0.15, 0.2) is 18.2 Å². The van der Waals surface area contributed by atoms with Crippen LogP contribution in [0.5, 0.6) is 0 Å². The number of aromatic carboxylic acids is 1. The molecule has 5 nitrogen and oxygen atoms in total. The van der Waals surface area contributed by atoms with Crippen LogP contribution in [0, 0.1) is 12.8 Å². The van der Waals surface area contributed by atoms with Gasteiger partial charge in [-0.15, -0.1) is 0 Å². The van der Waals surface area contributed by atoms with Gasteiger partial charge in [0.1, 0.15) is 0 Å². The van der Waals surface area contributed by atoms with E-state index in [1.54, 1.807) is 6.07 Å². The highest BCUT2D eigenvalue weighted by Crippen LogP contribution is 2.27. The fourth-order valence-corrected chi connectivity index (χ4v) is 2.50. The summed E-state index contributed by atoms with van der Waals surface area (Å²) in [5, 5.41) is 9.26. The zero-order chi connectivity index (χ0) is 14.0. The minimum absolute atomic E-state index is 0.0880. The van der Waals surface area contributed by atoms with Crippen molar-refractivity contribution in [2.75, 3.05) is 18.0 Å². The number of carbonyl (C=O) groups is 2. The summed E-state index contributed by atoms with van der Waals surface area (Å²) >= 11 is 0. The van der Waals surface area contributed by atoms with Crippen LogP contribution in [0.1, 0.15) is 28.8 Å². The van der Waals surface area contributed by atoms with E-state index in [0.717, 1.165) is 11.3 Å². The topological polar surface area (TPSA) is 83.6 Å². The second kappa shape index (κ2) is 5.30. The van der Waals surface area contributed by atoms with E-state index in [2.05, 4.69) is 0 Å². The monoisotopic (exact) mass is 262 g/mol. The molecule has 1 aliphatic heterocycles. The molecule has 1 saturated heterocycles. The quantitative estimate of drug-likeness (QED) is 0.862. The van der Waals surface area contributed by atoms with Crippen molar-refractivity contribution in [3.63, 3.8) is 0 Å². The molecule has 1 amide bonds. The van der Waals surface area contributed by atoms with Crippen LogP contribution >= 0.6 is 0 Å². The normalized spacial score (nSPS) is 16.4. The van der Waals surface area contributed by atoms with E-state index in [9.17, 15) is 14.7 Å². The van der Waals surface area contributed by atoms with E-state index in [1.807, 2.05) is 24.0 Å². The number of carboxylic acids is 1. The molecule has 0 bridgehead atoms. The minimum Gasteiger partial charge on any atom is -0.478 e. The molecule has 1 aromatic rings. The Kier molecular flexibility index (Phi) is 3.74. The van der Waals surface area contributed by atoms with Gasteiger partial charge in [-0.3, -0.25) is 4.79 Å². The van der Waals surface area contributed by atoms with Crippen molar-refractivity contribution >= 4 is 17.6 Å². The lowest BCUT2D eigenvalue weighted by molar-refractivity contribution is -0.122. The van der Waals surface area contributed by atoms with Crippen molar-refractivity contribution in [2.24, 2.45) is 11.7 Å². The molecule has 5 heteroatoms. The van der Waals surface area contributed by atoms with Gasteiger partial charge >= 0.3 is 5.97 Å². The summed E-state index contributed by atoms with van der Waals surface area (Å²) in [4.78, 5) is 24.4. The molecule has 0 saturated carbocycles. The van der Waals surface area contributed by atoms with Gasteiger partial charge < -0.3 is 15.7 Å². The second-order valence-corrected chi connectivity index (χ2v) is 4.99. The van der Waals surface area contributed by atoms with Gasteiger partial charge in [0, 0.05) is 19.0 Å². The molecule has 0 atom stereocenters. The first kappa shape index (κ1) is 13.4. The van der Waals surface area contributed by atoms with Crippen molar-refractivity contribution in [1.29, 1.82) is 0 Å². The molecule has 1 heterocycles. The molecule has 2 rings (SSSR count). The first-order chi connectivity index (χ1) is 8.99. The fraction of sp³-hybridized carbons (Fsp3) is 0.429. The molecule has 0 spiro atoms. The number of piperidine rings is 1. The summed E-state index contributed by atoms with van der Waals surface area (Å²) in [5.74, 6) is -1.27. The number of carbonyl (C=O) groups excluding carboxylic acids is 1. The van der Waals surface area contributed by atoms with Crippen molar-refractivity contribution in [3.05, 3.63) is 29.3 Å². The summed E-state index contributed by atoms with van der Waals surface area (Å²) in [6.45, 7) is 3.20. The van der Waals surface area contributed by atoms with Gasteiger partial charge in [0.05, 0.1) is 11.3 Å². The van der Waals surface area contributed by atoms with Gasteiger partial charge in [0.15, 0.2) is 0 Å². The Morgan fingerprint density at radius 1 is 1.32 bits per heavy atom. The zero-order valence-electron chi connectivity index (χ0n) is 10.9. The number of rotatable bonds is 3. The minimum atomic E-state index is -0.921. The Labute approximate surface area is 112 Å². The Morgan fingerprint density at radius 2 is 1.95 bits per heavy atom. The number of amides is 1. The maximum atomic E-state index is 11.3. The number of aryl methyl sites for hydroxylation is 1. The smallest absolute Gasteiger partial charge is 0.337 e. The van der Waals surface area contributed by atoms with Crippen molar-refractivity contribution in [2.45, 2.75) is 19.8 Å². The fourth-order valence-electron chi connectivity index (χ4n) is 2.50. The van der Waals surface area contributed by atoms with Gasteiger partial charge in [-0.1, -0.05) is 11.6 Å². The van der Waals surface area contributed by atoms with Gasteiger partial charge in [-0.25, -0.2) is 4.79 Å². The third kappa shape index (κ3) is 2.86. The van der Waals surface area contributed by atoms with Crippen molar-refractivity contribution in [3.8, 4) is 0 Å². The maximum absolute atomic E-state index is 11.3. The van der Waals surface area contributed by atoms with E-state index in [1.165, 1.54) is 0 Å².